The van der Waals surface area contributed by atoms with Gasteiger partial charge in [0.05, 0.1) is 5.69 Å². The van der Waals surface area contributed by atoms with Crippen molar-refractivity contribution in [2.45, 2.75) is 52.7 Å². The predicted octanol–water partition coefficient (Wildman–Crippen LogP) is 1.81. The van der Waals surface area contributed by atoms with E-state index in [2.05, 4.69) is 18.9 Å². The number of carboxylic acids is 1. The molecule has 0 aromatic carbocycles. The van der Waals surface area contributed by atoms with Crippen LogP contribution in [0.4, 0.5) is 0 Å². The maximum atomic E-state index is 11.4. The SMILES string of the molecule is CCn1nc(C)c(CN(C)C(C(=O)O)C2CC2)c1C. The number of likely N-dealkylation sites (N-methyl/N-ethyl adjacent to an activating group) is 1. The Morgan fingerprint density at radius 1 is 1.53 bits per heavy atom. The van der Waals surface area contributed by atoms with Gasteiger partial charge >= 0.3 is 5.97 Å². The zero-order chi connectivity index (χ0) is 14.2. The first-order valence-electron chi connectivity index (χ1n) is 6.91. The largest absolute Gasteiger partial charge is 0.480 e. The fourth-order valence-corrected chi connectivity index (χ4v) is 2.78. The highest BCUT2D eigenvalue weighted by atomic mass is 16.4. The fourth-order valence-electron chi connectivity index (χ4n) is 2.78. The molecule has 5 heteroatoms. The third kappa shape index (κ3) is 2.81. The van der Waals surface area contributed by atoms with E-state index in [0.29, 0.717) is 12.5 Å². The monoisotopic (exact) mass is 265 g/mol. The molecular weight excluding hydrogens is 242 g/mol. The van der Waals surface area contributed by atoms with Crippen LogP contribution < -0.4 is 0 Å². The van der Waals surface area contributed by atoms with Gasteiger partial charge in [-0.2, -0.15) is 5.10 Å². The molecule has 0 spiro atoms. The van der Waals surface area contributed by atoms with Gasteiger partial charge in [-0.05, 0) is 46.6 Å². The molecule has 0 aliphatic heterocycles. The van der Waals surface area contributed by atoms with Crippen molar-refractivity contribution in [3.05, 3.63) is 17.0 Å². The van der Waals surface area contributed by atoms with Crippen LogP contribution in [0.25, 0.3) is 0 Å². The summed E-state index contributed by atoms with van der Waals surface area (Å²) in [5, 5.41) is 13.8. The molecule has 0 radical (unpaired) electrons. The predicted molar refractivity (Wildman–Crippen MR) is 73.0 cm³/mol. The van der Waals surface area contributed by atoms with Gasteiger partial charge in [0.25, 0.3) is 0 Å². The summed E-state index contributed by atoms with van der Waals surface area (Å²) in [6, 6.07) is -0.358. The Balaban J connectivity index is 2.15. The van der Waals surface area contributed by atoms with Crippen molar-refractivity contribution in [2.24, 2.45) is 5.92 Å². The summed E-state index contributed by atoms with van der Waals surface area (Å²) < 4.78 is 1.98. The van der Waals surface area contributed by atoms with Crippen LogP contribution in [0.2, 0.25) is 0 Å². The average molecular weight is 265 g/mol. The van der Waals surface area contributed by atoms with E-state index in [1.165, 1.54) is 0 Å². The summed E-state index contributed by atoms with van der Waals surface area (Å²) in [7, 11) is 1.90. The van der Waals surface area contributed by atoms with Gasteiger partial charge in [0.1, 0.15) is 6.04 Å². The normalized spacial score (nSPS) is 16.9. The number of nitrogens with zero attached hydrogens (tertiary/aromatic N) is 3. The van der Waals surface area contributed by atoms with E-state index in [4.69, 9.17) is 0 Å². The van der Waals surface area contributed by atoms with Gasteiger partial charge in [-0.3, -0.25) is 14.4 Å². The van der Waals surface area contributed by atoms with Crippen LogP contribution in [0.1, 0.15) is 36.7 Å². The minimum Gasteiger partial charge on any atom is -0.480 e. The number of aryl methyl sites for hydroxylation is 2. The van der Waals surface area contributed by atoms with Crippen molar-refractivity contribution < 1.29 is 9.90 Å². The summed E-state index contributed by atoms with van der Waals surface area (Å²) in [6.07, 6.45) is 2.07. The molecule has 0 bridgehead atoms. The summed E-state index contributed by atoms with van der Waals surface area (Å²) in [5.74, 6) is -0.382. The second-order valence-corrected chi connectivity index (χ2v) is 5.50. The van der Waals surface area contributed by atoms with Crippen LogP contribution in [-0.4, -0.2) is 38.8 Å². The molecular formula is C14H23N3O2. The van der Waals surface area contributed by atoms with Crippen LogP contribution in [0.5, 0.6) is 0 Å². The second kappa shape index (κ2) is 5.33. The van der Waals surface area contributed by atoms with Gasteiger partial charge in [0.15, 0.2) is 0 Å². The van der Waals surface area contributed by atoms with Crippen molar-refractivity contribution in [3.63, 3.8) is 0 Å². The molecule has 1 unspecified atom stereocenters. The molecule has 1 atom stereocenters. The molecule has 2 rings (SSSR count). The molecule has 1 saturated carbocycles. The zero-order valence-corrected chi connectivity index (χ0v) is 12.2. The Labute approximate surface area is 114 Å². The minimum absolute atomic E-state index is 0.323. The molecule has 1 fully saturated rings. The van der Waals surface area contributed by atoms with E-state index in [-0.39, 0.29) is 6.04 Å². The highest BCUT2D eigenvalue weighted by Crippen LogP contribution is 2.35. The maximum absolute atomic E-state index is 11.4. The number of rotatable bonds is 6. The summed E-state index contributed by atoms with van der Waals surface area (Å²) >= 11 is 0. The Hall–Kier alpha value is -1.36. The smallest absolute Gasteiger partial charge is 0.321 e. The third-order valence-corrected chi connectivity index (χ3v) is 4.03. The molecule has 1 aliphatic carbocycles. The summed E-state index contributed by atoms with van der Waals surface area (Å²) in [6.45, 7) is 7.62. The van der Waals surface area contributed by atoms with E-state index in [0.717, 1.165) is 36.3 Å². The first kappa shape index (κ1) is 14.1. The molecule has 19 heavy (non-hydrogen) atoms. The van der Waals surface area contributed by atoms with Gasteiger partial charge in [-0.1, -0.05) is 0 Å². The number of carbonyl (C=O) groups is 1. The number of aliphatic carboxylic acids is 1. The third-order valence-electron chi connectivity index (χ3n) is 4.03. The van der Waals surface area contributed by atoms with Crippen LogP contribution in [0, 0.1) is 19.8 Å². The number of hydrogen-bond donors (Lipinski definition) is 1. The van der Waals surface area contributed by atoms with Crippen molar-refractivity contribution in [1.82, 2.24) is 14.7 Å². The maximum Gasteiger partial charge on any atom is 0.321 e. The van der Waals surface area contributed by atoms with E-state index in [1.54, 1.807) is 0 Å². The van der Waals surface area contributed by atoms with E-state index < -0.39 is 5.97 Å². The molecule has 1 heterocycles. The van der Waals surface area contributed by atoms with Gasteiger partial charge in [0, 0.05) is 24.3 Å². The van der Waals surface area contributed by atoms with Crippen LogP contribution in [0.15, 0.2) is 0 Å². The van der Waals surface area contributed by atoms with Gasteiger partial charge < -0.3 is 5.11 Å². The lowest BCUT2D eigenvalue weighted by Crippen LogP contribution is -2.39. The molecule has 1 N–H and O–H groups in total. The Morgan fingerprint density at radius 2 is 2.16 bits per heavy atom. The summed E-state index contributed by atoms with van der Waals surface area (Å²) in [4.78, 5) is 13.3. The fraction of sp³-hybridized carbons (Fsp3) is 0.714. The zero-order valence-electron chi connectivity index (χ0n) is 12.2. The van der Waals surface area contributed by atoms with E-state index in [9.17, 15) is 9.90 Å². The average Bonchev–Trinajstić information content (AvgIpc) is 3.11. The van der Waals surface area contributed by atoms with Crippen LogP contribution in [-0.2, 0) is 17.9 Å². The van der Waals surface area contributed by atoms with Crippen molar-refractivity contribution in [1.29, 1.82) is 0 Å². The van der Waals surface area contributed by atoms with Crippen molar-refractivity contribution in [3.8, 4) is 0 Å². The molecule has 1 aromatic rings. The van der Waals surface area contributed by atoms with Gasteiger partial charge in [-0.15, -0.1) is 0 Å². The van der Waals surface area contributed by atoms with E-state index >= 15 is 0 Å². The Kier molecular flexibility index (Phi) is 3.94. The second-order valence-electron chi connectivity index (χ2n) is 5.50. The number of aromatic nitrogens is 2. The molecule has 1 aliphatic rings. The van der Waals surface area contributed by atoms with E-state index in [1.807, 2.05) is 23.6 Å². The number of carboxylic acid groups (broad SMARTS) is 1. The standard InChI is InChI=1S/C14H23N3O2/c1-5-17-10(3)12(9(2)15-17)8-16(4)13(14(18)19)11-6-7-11/h11,13H,5-8H2,1-4H3,(H,18,19). The van der Waals surface area contributed by atoms with Crippen molar-refractivity contribution >= 4 is 5.97 Å². The van der Waals surface area contributed by atoms with Crippen molar-refractivity contribution in [2.75, 3.05) is 7.05 Å². The summed E-state index contributed by atoms with van der Waals surface area (Å²) in [5.41, 5.74) is 3.31. The van der Waals surface area contributed by atoms with Crippen LogP contribution in [0.3, 0.4) is 0 Å². The Morgan fingerprint density at radius 3 is 2.58 bits per heavy atom. The first-order valence-corrected chi connectivity index (χ1v) is 6.91. The molecule has 5 nitrogen and oxygen atoms in total. The van der Waals surface area contributed by atoms with Gasteiger partial charge in [0.2, 0.25) is 0 Å². The molecule has 1 aromatic heterocycles. The first-order chi connectivity index (χ1) is 8.95. The lowest BCUT2D eigenvalue weighted by atomic mass is 10.1. The van der Waals surface area contributed by atoms with Crippen LogP contribution >= 0.6 is 0 Å². The molecule has 0 saturated heterocycles. The molecule has 0 amide bonds. The highest BCUT2D eigenvalue weighted by molar-refractivity contribution is 5.74. The quantitative estimate of drug-likeness (QED) is 0.852. The highest BCUT2D eigenvalue weighted by Gasteiger charge is 2.39. The lowest BCUT2D eigenvalue weighted by molar-refractivity contribution is -0.143. The molecule has 106 valence electrons. The minimum atomic E-state index is -0.705. The number of hydrogen-bond acceptors (Lipinski definition) is 3. The van der Waals surface area contributed by atoms with Gasteiger partial charge in [-0.25, -0.2) is 0 Å². The Bertz CT molecular complexity index is 477. The topological polar surface area (TPSA) is 58.4 Å². The lowest BCUT2D eigenvalue weighted by Gasteiger charge is -2.24.